The Kier molecular flexibility index (Phi) is 2.82. The summed E-state index contributed by atoms with van der Waals surface area (Å²) in [4.78, 5) is 23.9. The lowest BCUT2D eigenvalue weighted by Crippen LogP contribution is -2.43. The van der Waals surface area contributed by atoms with E-state index < -0.39 is 12.0 Å². The van der Waals surface area contributed by atoms with Crippen molar-refractivity contribution in [2.45, 2.75) is 6.04 Å². The van der Waals surface area contributed by atoms with Gasteiger partial charge in [-0.1, -0.05) is 30.3 Å². The molecule has 0 bridgehead atoms. The first kappa shape index (κ1) is 11.2. The summed E-state index contributed by atoms with van der Waals surface area (Å²) in [5.41, 5.74) is 0.904. The largest absolute Gasteiger partial charge is 0.478 e. The zero-order valence-corrected chi connectivity index (χ0v) is 9.25. The molecule has 1 aliphatic rings. The number of carboxylic acid groups (broad SMARTS) is 1. The van der Waals surface area contributed by atoms with Crippen molar-refractivity contribution in [3.05, 3.63) is 47.7 Å². The maximum absolute atomic E-state index is 11.5. The minimum atomic E-state index is -1.04. The van der Waals surface area contributed by atoms with Gasteiger partial charge < -0.3 is 15.3 Å². The molecule has 5 nitrogen and oxygen atoms in total. The Labute approximate surface area is 98.4 Å². The van der Waals surface area contributed by atoms with E-state index in [2.05, 4.69) is 5.32 Å². The number of aliphatic carboxylic acids is 1. The van der Waals surface area contributed by atoms with Gasteiger partial charge in [0.2, 0.25) is 0 Å². The van der Waals surface area contributed by atoms with E-state index in [4.69, 9.17) is 5.11 Å². The van der Waals surface area contributed by atoms with Gasteiger partial charge >= 0.3 is 12.0 Å². The summed E-state index contributed by atoms with van der Waals surface area (Å²) in [6, 6.07) is 8.10. The lowest BCUT2D eigenvalue weighted by atomic mass is 9.98. The second-order valence-corrected chi connectivity index (χ2v) is 3.79. The molecule has 5 heteroatoms. The summed E-state index contributed by atoms with van der Waals surface area (Å²) in [6.07, 6.45) is 1.35. The highest BCUT2D eigenvalue weighted by Crippen LogP contribution is 2.25. The molecule has 1 heterocycles. The van der Waals surface area contributed by atoms with Gasteiger partial charge in [-0.05, 0) is 5.56 Å². The molecule has 1 atom stereocenters. The second-order valence-electron chi connectivity index (χ2n) is 3.79. The third kappa shape index (κ3) is 2.13. The van der Waals surface area contributed by atoms with Crippen LogP contribution in [0.2, 0.25) is 0 Å². The third-order valence-electron chi connectivity index (χ3n) is 2.61. The number of hydrogen-bond acceptors (Lipinski definition) is 2. The summed E-state index contributed by atoms with van der Waals surface area (Å²) < 4.78 is 0. The number of urea groups is 1. The molecule has 2 amide bonds. The van der Waals surface area contributed by atoms with Crippen LogP contribution in [-0.4, -0.2) is 29.1 Å². The van der Waals surface area contributed by atoms with Crippen LogP contribution in [0.3, 0.4) is 0 Å². The number of benzene rings is 1. The maximum Gasteiger partial charge on any atom is 0.335 e. The molecule has 1 aromatic carbocycles. The van der Waals surface area contributed by atoms with Gasteiger partial charge in [-0.15, -0.1) is 0 Å². The van der Waals surface area contributed by atoms with Crippen LogP contribution in [0.4, 0.5) is 4.79 Å². The number of nitrogens with zero attached hydrogens (tertiary/aromatic N) is 1. The van der Waals surface area contributed by atoms with E-state index in [0.29, 0.717) is 0 Å². The zero-order valence-electron chi connectivity index (χ0n) is 9.25. The van der Waals surface area contributed by atoms with E-state index in [9.17, 15) is 9.59 Å². The van der Waals surface area contributed by atoms with Gasteiger partial charge in [-0.3, -0.25) is 0 Å². The van der Waals surface area contributed by atoms with E-state index in [1.165, 1.54) is 18.1 Å². The summed E-state index contributed by atoms with van der Waals surface area (Å²) in [5, 5.41) is 11.8. The average Bonchev–Trinajstić information content (AvgIpc) is 2.33. The quantitative estimate of drug-likeness (QED) is 0.808. The van der Waals surface area contributed by atoms with E-state index in [0.717, 1.165) is 5.56 Å². The Morgan fingerprint density at radius 2 is 2.00 bits per heavy atom. The zero-order chi connectivity index (χ0) is 12.4. The van der Waals surface area contributed by atoms with Crippen molar-refractivity contribution >= 4 is 12.0 Å². The van der Waals surface area contributed by atoms with Crippen LogP contribution in [-0.2, 0) is 4.79 Å². The highest BCUT2D eigenvalue weighted by atomic mass is 16.4. The molecule has 0 aromatic heterocycles. The van der Waals surface area contributed by atoms with Gasteiger partial charge in [0.25, 0.3) is 0 Å². The molecule has 1 aromatic rings. The Balaban J connectivity index is 2.42. The lowest BCUT2D eigenvalue weighted by molar-refractivity contribution is -0.133. The molecule has 1 aliphatic heterocycles. The fraction of sp³-hybridized carbons (Fsp3) is 0.167. The Bertz CT molecular complexity index is 482. The third-order valence-corrected chi connectivity index (χ3v) is 2.61. The monoisotopic (exact) mass is 232 g/mol. The number of carboxylic acids is 1. The molecule has 17 heavy (non-hydrogen) atoms. The molecule has 2 rings (SSSR count). The molecule has 0 saturated heterocycles. The number of rotatable bonds is 2. The van der Waals surface area contributed by atoms with Crippen LogP contribution >= 0.6 is 0 Å². The number of nitrogens with one attached hydrogen (secondary N) is 1. The molecule has 0 aliphatic carbocycles. The van der Waals surface area contributed by atoms with Crippen LogP contribution in [0.25, 0.3) is 0 Å². The Hall–Kier alpha value is -2.30. The normalized spacial score (nSPS) is 19.6. The second kappa shape index (κ2) is 4.29. The van der Waals surface area contributed by atoms with Crippen LogP contribution in [0.15, 0.2) is 42.1 Å². The predicted octanol–water partition coefficient (Wildman–Crippen LogP) is 1.35. The highest BCUT2D eigenvalue weighted by Gasteiger charge is 2.29. The number of hydrogen-bond donors (Lipinski definition) is 2. The average molecular weight is 232 g/mol. The molecule has 0 saturated carbocycles. The van der Waals surface area contributed by atoms with Crippen LogP contribution in [0.1, 0.15) is 11.6 Å². The van der Waals surface area contributed by atoms with E-state index in [1.54, 1.807) is 24.3 Å². The van der Waals surface area contributed by atoms with Gasteiger partial charge in [0.15, 0.2) is 0 Å². The van der Waals surface area contributed by atoms with Gasteiger partial charge in [-0.2, -0.15) is 0 Å². The first-order valence-electron chi connectivity index (χ1n) is 5.13. The van der Waals surface area contributed by atoms with Crippen molar-refractivity contribution in [1.29, 1.82) is 0 Å². The van der Waals surface area contributed by atoms with Crippen molar-refractivity contribution < 1.29 is 14.7 Å². The van der Waals surface area contributed by atoms with Gasteiger partial charge in [0.05, 0.1) is 11.6 Å². The van der Waals surface area contributed by atoms with Crippen LogP contribution in [0.5, 0.6) is 0 Å². The molecular formula is C12H12N2O3. The smallest absolute Gasteiger partial charge is 0.335 e. The van der Waals surface area contributed by atoms with Gasteiger partial charge in [0, 0.05) is 13.2 Å². The van der Waals surface area contributed by atoms with E-state index >= 15 is 0 Å². The number of carbonyl (C=O) groups is 2. The SMILES string of the molecule is CN1C=C(C(=O)O)[C@@H](c2ccccc2)NC1=O. The lowest BCUT2D eigenvalue weighted by Gasteiger charge is -2.28. The van der Waals surface area contributed by atoms with Crippen molar-refractivity contribution in [2.75, 3.05) is 7.05 Å². The van der Waals surface area contributed by atoms with Crippen molar-refractivity contribution in [3.63, 3.8) is 0 Å². The first-order valence-corrected chi connectivity index (χ1v) is 5.13. The van der Waals surface area contributed by atoms with E-state index in [-0.39, 0.29) is 11.6 Å². The highest BCUT2D eigenvalue weighted by molar-refractivity contribution is 5.92. The van der Waals surface area contributed by atoms with E-state index in [1.807, 2.05) is 6.07 Å². The van der Waals surface area contributed by atoms with Crippen molar-refractivity contribution in [3.8, 4) is 0 Å². The Morgan fingerprint density at radius 3 is 2.59 bits per heavy atom. The minimum Gasteiger partial charge on any atom is -0.478 e. The fourth-order valence-corrected chi connectivity index (χ4v) is 1.73. The van der Waals surface area contributed by atoms with Crippen molar-refractivity contribution in [2.24, 2.45) is 0 Å². The maximum atomic E-state index is 11.5. The van der Waals surface area contributed by atoms with Crippen LogP contribution < -0.4 is 5.32 Å². The fourth-order valence-electron chi connectivity index (χ4n) is 1.73. The molecular weight excluding hydrogens is 220 g/mol. The van der Waals surface area contributed by atoms with Crippen LogP contribution in [0, 0.1) is 0 Å². The summed E-state index contributed by atoms with van der Waals surface area (Å²) in [7, 11) is 1.51. The Morgan fingerprint density at radius 1 is 1.35 bits per heavy atom. The summed E-state index contributed by atoms with van der Waals surface area (Å²) in [6.45, 7) is 0. The molecule has 0 radical (unpaired) electrons. The molecule has 2 N–H and O–H groups in total. The standard InChI is InChI=1S/C12H12N2O3/c1-14-7-9(11(15)16)10(13-12(14)17)8-5-3-2-4-6-8/h2-7,10H,1H3,(H,13,17)(H,15,16)/t10-/m1/s1. The summed E-state index contributed by atoms with van der Waals surface area (Å²) >= 11 is 0. The van der Waals surface area contributed by atoms with Gasteiger partial charge in [-0.25, -0.2) is 9.59 Å². The molecule has 0 unspecified atom stereocenters. The first-order chi connectivity index (χ1) is 8.09. The molecule has 0 fully saturated rings. The summed E-state index contributed by atoms with van der Waals surface area (Å²) in [5.74, 6) is -1.04. The molecule has 88 valence electrons. The van der Waals surface area contributed by atoms with Gasteiger partial charge in [0.1, 0.15) is 0 Å². The number of amides is 2. The predicted molar refractivity (Wildman–Crippen MR) is 61.2 cm³/mol. The molecule has 0 spiro atoms. The van der Waals surface area contributed by atoms with Crippen molar-refractivity contribution in [1.82, 2.24) is 10.2 Å². The number of carbonyl (C=O) groups excluding carboxylic acids is 1. The topological polar surface area (TPSA) is 69.6 Å². The minimum absolute atomic E-state index is 0.151.